The van der Waals surface area contributed by atoms with Crippen molar-refractivity contribution >= 4 is 11.9 Å². The lowest BCUT2D eigenvalue weighted by atomic mass is 9.86. The Morgan fingerprint density at radius 3 is 2.44 bits per heavy atom. The zero-order valence-electron chi connectivity index (χ0n) is 14.0. The minimum Gasteiger partial charge on any atom is -0.480 e. The molecule has 7 heteroatoms. The fraction of sp³-hybridized carbons (Fsp3) is 0.556. The number of carboxylic acid groups (broad SMARTS) is 1. The van der Waals surface area contributed by atoms with E-state index in [4.69, 9.17) is 5.11 Å². The summed E-state index contributed by atoms with van der Waals surface area (Å²) in [5, 5.41) is 14.4. The molecule has 0 saturated heterocycles. The lowest BCUT2D eigenvalue weighted by Gasteiger charge is -2.29. The summed E-state index contributed by atoms with van der Waals surface area (Å²) in [6.45, 7) is 0.280. The van der Waals surface area contributed by atoms with Crippen molar-refractivity contribution in [1.82, 2.24) is 10.6 Å². The second-order valence-corrected chi connectivity index (χ2v) is 6.46. The summed E-state index contributed by atoms with van der Waals surface area (Å²) in [6.07, 6.45) is 0.406. The molecular weight excluding hydrogens is 330 g/mol. The maximum Gasteiger partial charge on any atom is 0.317 e. The highest BCUT2D eigenvalue weighted by Gasteiger charge is 2.37. The van der Waals surface area contributed by atoms with Crippen molar-refractivity contribution in [3.63, 3.8) is 0 Å². The Hall–Kier alpha value is -2.02. The summed E-state index contributed by atoms with van der Waals surface area (Å²) in [6, 6.07) is 9.08. The maximum atomic E-state index is 13.3. The number of carboxylic acids is 1. The van der Waals surface area contributed by atoms with E-state index >= 15 is 0 Å². The number of halogens is 2. The van der Waals surface area contributed by atoms with Crippen LogP contribution in [0, 0.1) is 5.92 Å². The number of benzene rings is 1. The number of hydrogen-bond donors (Lipinski definition) is 3. The first-order valence-electron chi connectivity index (χ1n) is 8.53. The number of aliphatic carboxylic acids is 1. The van der Waals surface area contributed by atoms with Gasteiger partial charge in [-0.05, 0) is 31.4 Å². The Bertz CT molecular complexity index is 571. The molecule has 1 saturated carbocycles. The SMILES string of the molecule is O=C(O)CNCCC(NC(=O)C1CCC(F)(F)CC1)c1ccccc1. The number of alkyl halides is 2. The van der Waals surface area contributed by atoms with Crippen LogP contribution in [0.1, 0.15) is 43.7 Å². The van der Waals surface area contributed by atoms with Crippen molar-refractivity contribution in [1.29, 1.82) is 0 Å². The van der Waals surface area contributed by atoms with Gasteiger partial charge in [0.2, 0.25) is 11.8 Å². The molecular formula is C18H24F2N2O3. The number of hydrogen-bond acceptors (Lipinski definition) is 3. The van der Waals surface area contributed by atoms with Gasteiger partial charge < -0.3 is 15.7 Å². The predicted molar refractivity (Wildman–Crippen MR) is 89.4 cm³/mol. The molecule has 3 N–H and O–H groups in total. The number of carbonyl (C=O) groups is 2. The molecule has 0 aromatic heterocycles. The van der Waals surface area contributed by atoms with Crippen LogP contribution in [0.5, 0.6) is 0 Å². The molecule has 138 valence electrons. The zero-order chi connectivity index (χ0) is 18.3. The molecule has 25 heavy (non-hydrogen) atoms. The van der Waals surface area contributed by atoms with E-state index in [1.807, 2.05) is 30.3 Å². The van der Waals surface area contributed by atoms with Crippen LogP contribution in [0.4, 0.5) is 8.78 Å². The van der Waals surface area contributed by atoms with Gasteiger partial charge in [0.15, 0.2) is 0 Å². The van der Waals surface area contributed by atoms with Crippen molar-refractivity contribution in [3.05, 3.63) is 35.9 Å². The Morgan fingerprint density at radius 2 is 1.84 bits per heavy atom. The van der Waals surface area contributed by atoms with Crippen LogP contribution in [-0.4, -0.2) is 36.0 Å². The van der Waals surface area contributed by atoms with Crippen molar-refractivity contribution in [2.45, 2.75) is 44.1 Å². The minimum absolute atomic E-state index is 0.146. The summed E-state index contributed by atoms with van der Waals surface area (Å²) in [5.41, 5.74) is 0.911. The summed E-state index contributed by atoms with van der Waals surface area (Å²) in [7, 11) is 0. The van der Waals surface area contributed by atoms with E-state index in [0.29, 0.717) is 13.0 Å². The highest BCUT2D eigenvalue weighted by Crippen LogP contribution is 2.36. The average Bonchev–Trinajstić information content (AvgIpc) is 2.58. The van der Waals surface area contributed by atoms with Gasteiger partial charge in [0.1, 0.15) is 0 Å². The fourth-order valence-electron chi connectivity index (χ4n) is 3.04. The van der Waals surface area contributed by atoms with Crippen molar-refractivity contribution in [2.24, 2.45) is 5.92 Å². The molecule has 0 aliphatic heterocycles. The van der Waals surface area contributed by atoms with E-state index in [1.165, 1.54) is 0 Å². The normalized spacial score (nSPS) is 18.5. The zero-order valence-corrected chi connectivity index (χ0v) is 14.0. The van der Waals surface area contributed by atoms with E-state index in [2.05, 4.69) is 10.6 Å². The van der Waals surface area contributed by atoms with E-state index in [-0.39, 0.29) is 44.2 Å². The van der Waals surface area contributed by atoms with Gasteiger partial charge in [-0.1, -0.05) is 30.3 Å². The highest BCUT2D eigenvalue weighted by atomic mass is 19.3. The highest BCUT2D eigenvalue weighted by molar-refractivity contribution is 5.79. The largest absolute Gasteiger partial charge is 0.480 e. The maximum absolute atomic E-state index is 13.3. The quantitative estimate of drug-likeness (QED) is 0.627. The number of carbonyl (C=O) groups excluding carboxylic acids is 1. The van der Waals surface area contributed by atoms with Crippen molar-refractivity contribution < 1.29 is 23.5 Å². The van der Waals surface area contributed by atoms with Gasteiger partial charge in [0, 0.05) is 18.8 Å². The molecule has 1 amide bonds. The molecule has 1 unspecified atom stereocenters. The number of rotatable bonds is 8. The third-order valence-corrected chi connectivity index (χ3v) is 4.49. The van der Waals surface area contributed by atoms with Crippen LogP contribution >= 0.6 is 0 Å². The van der Waals surface area contributed by atoms with E-state index in [1.54, 1.807) is 0 Å². The first-order chi connectivity index (χ1) is 11.9. The molecule has 1 fully saturated rings. The molecule has 1 aromatic rings. The van der Waals surface area contributed by atoms with Crippen LogP contribution in [-0.2, 0) is 9.59 Å². The van der Waals surface area contributed by atoms with E-state index in [0.717, 1.165) is 5.56 Å². The molecule has 5 nitrogen and oxygen atoms in total. The third kappa shape index (κ3) is 6.42. The van der Waals surface area contributed by atoms with Gasteiger partial charge in [0.05, 0.1) is 12.6 Å². The Labute approximate surface area is 145 Å². The van der Waals surface area contributed by atoms with Crippen LogP contribution in [0.15, 0.2) is 30.3 Å². The lowest BCUT2D eigenvalue weighted by molar-refractivity contribution is -0.136. The summed E-state index contributed by atoms with van der Waals surface area (Å²) < 4.78 is 26.5. The van der Waals surface area contributed by atoms with Gasteiger partial charge in [-0.3, -0.25) is 9.59 Å². The Balaban J connectivity index is 1.93. The number of nitrogens with one attached hydrogen (secondary N) is 2. The van der Waals surface area contributed by atoms with Crippen LogP contribution < -0.4 is 10.6 Å². The van der Waals surface area contributed by atoms with Gasteiger partial charge in [0.25, 0.3) is 0 Å². The van der Waals surface area contributed by atoms with Crippen LogP contribution in [0.2, 0.25) is 0 Å². The summed E-state index contributed by atoms with van der Waals surface area (Å²) in [5.74, 6) is -4.19. The first kappa shape index (κ1) is 19.3. The van der Waals surface area contributed by atoms with Crippen molar-refractivity contribution in [2.75, 3.05) is 13.1 Å². The molecule has 1 aliphatic carbocycles. The van der Waals surface area contributed by atoms with Gasteiger partial charge >= 0.3 is 5.97 Å². The summed E-state index contributed by atoms with van der Waals surface area (Å²) in [4.78, 5) is 23.0. The Kier molecular flexibility index (Phi) is 6.87. The topological polar surface area (TPSA) is 78.4 Å². The smallest absolute Gasteiger partial charge is 0.317 e. The fourth-order valence-corrected chi connectivity index (χ4v) is 3.04. The molecule has 0 spiro atoms. The third-order valence-electron chi connectivity index (χ3n) is 4.49. The molecule has 0 bridgehead atoms. The van der Waals surface area contributed by atoms with Gasteiger partial charge in [-0.15, -0.1) is 0 Å². The molecule has 1 atom stereocenters. The van der Waals surface area contributed by atoms with E-state index in [9.17, 15) is 18.4 Å². The molecule has 0 radical (unpaired) electrons. The standard InChI is InChI=1S/C18H24F2N2O3/c19-18(20)9-6-14(7-10-18)17(25)22-15(8-11-21-12-16(23)24)13-4-2-1-3-5-13/h1-5,14-15,21H,6-12H2,(H,22,25)(H,23,24). The lowest BCUT2D eigenvalue weighted by Crippen LogP contribution is -2.38. The molecule has 2 rings (SSSR count). The summed E-state index contributed by atoms with van der Waals surface area (Å²) >= 11 is 0. The second kappa shape index (κ2) is 8.89. The molecule has 1 aromatic carbocycles. The Morgan fingerprint density at radius 1 is 1.20 bits per heavy atom. The average molecular weight is 354 g/mol. The van der Waals surface area contributed by atoms with Gasteiger partial charge in [-0.25, -0.2) is 8.78 Å². The monoisotopic (exact) mass is 354 g/mol. The van der Waals surface area contributed by atoms with E-state index < -0.39 is 17.8 Å². The molecule has 0 heterocycles. The van der Waals surface area contributed by atoms with Crippen LogP contribution in [0.25, 0.3) is 0 Å². The minimum atomic E-state index is -2.66. The van der Waals surface area contributed by atoms with Crippen molar-refractivity contribution in [3.8, 4) is 0 Å². The number of amides is 1. The first-order valence-corrected chi connectivity index (χ1v) is 8.53. The molecule has 1 aliphatic rings. The van der Waals surface area contributed by atoms with Gasteiger partial charge in [-0.2, -0.15) is 0 Å². The van der Waals surface area contributed by atoms with Crippen LogP contribution in [0.3, 0.4) is 0 Å². The predicted octanol–water partition coefficient (Wildman–Crippen LogP) is 2.73. The second-order valence-electron chi connectivity index (χ2n) is 6.46.